The molecule has 0 N–H and O–H groups in total. The van der Waals surface area contributed by atoms with E-state index in [2.05, 4.69) is 67.0 Å². The van der Waals surface area contributed by atoms with Crippen LogP contribution in [0.25, 0.3) is 11.1 Å². The standard InChI is InChI=1S/C15H17Br/c1-10-4-6-13(12(3)9-16)8-15-11(2)5-7-14(10)15/h4-8,12H,9H2,1-3H3/t12-/m0/s1. The second kappa shape index (κ2) is 4.58. The molecular formula is C15H17Br. The zero-order valence-electron chi connectivity index (χ0n) is 10.0. The molecule has 1 heteroatoms. The van der Waals surface area contributed by atoms with Crippen LogP contribution in [0.2, 0.25) is 0 Å². The fraction of sp³-hybridized carbons (Fsp3) is 0.333. The van der Waals surface area contributed by atoms with Crippen molar-refractivity contribution in [1.82, 2.24) is 0 Å². The lowest BCUT2D eigenvalue weighted by Gasteiger charge is -2.06. The Morgan fingerprint density at radius 3 is 2.31 bits per heavy atom. The Balaban J connectivity index is 2.63. The van der Waals surface area contributed by atoms with Gasteiger partial charge in [-0.05, 0) is 47.6 Å². The summed E-state index contributed by atoms with van der Waals surface area (Å²) in [5, 5.41) is 1.01. The molecule has 2 rings (SSSR count). The van der Waals surface area contributed by atoms with Gasteiger partial charge in [0.2, 0.25) is 0 Å². The molecule has 0 aromatic carbocycles. The van der Waals surface area contributed by atoms with Crippen LogP contribution in [0.5, 0.6) is 0 Å². The highest BCUT2D eigenvalue weighted by atomic mass is 79.9. The van der Waals surface area contributed by atoms with Gasteiger partial charge in [0.15, 0.2) is 0 Å². The summed E-state index contributed by atoms with van der Waals surface area (Å²) in [6.45, 7) is 6.62. The Kier molecular flexibility index (Phi) is 3.34. The first-order valence-electron chi connectivity index (χ1n) is 5.69. The number of aryl methyl sites for hydroxylation is 2. The van der Waals surface area contributed by atoms with Crippen molar-refractivity contribution in [1.29, 1.82) is 0 Å². The summed E-state index contributed by atoms with van der Waals surface area (Å²) in [6, 6.07) is 11.3. The monoisotopic (exact) mass is 276 g/mol. The Bertz CT molecular complexity index is 473. The van der Waals surface area contributed by atoms with E-state index in [1.165, 1.54) is 27.8 Å². The topological polar surface area (TPSA) is 0 Å². The Hall–Kier alpha value is -0.820. The average Bonchev–Trinajstić information content (AvgIpc) is 2.55. The quantitative estimate of drug-likeness (QED) is 0.684. The molecule has 0 amide bonds. The maximum Gasteiger partial charge on any atom is 0.00975 e. The molecule has 0 unspecified atom stereocenters. The van der Waals surface area contributed by atoms with E-state index < -0.39 is 0 Å². The van der Waals surface area contributed by atoms with E-state index in [0.29, 0.717) is 5.92 Å². The van der Waals surface area contributed by atoms with Crippen molar-refractivity contribution in [2.24, 2.45) is 0 Å². The normalized spacial score (nSPS) is 13.0. The fourth-order valence-corrected chi connectivity index (χ4v) is 2.43. The summed E-state index contributed by atoms with van der Waals surface area (Å²) < 4.78 is 0. The second-order valence-electron chi connectivity index (χ2n) is 4.56. The molecule has 0 bridgehead atoms. The van der Waals surface area contributed by atoms with Crippen LogP contribution in [0, 0.1) is 13.8 Å². The molecule has 0 aliphatic heterocycles. The smallest absolute Gasteiger partial charge is 0.00975 e. The summed E-state index contributed by atoms with van der Waals surface area (Å²) in [7, 11) is 0. The Labute approximate surface area is 106 Å². The van der Waals surface area contributed by atoms with Crippen LogP contribution in [-0.2, 0) is 0 Å². The van der Waals surface area contributed by atoms with Crippen LogP contribution < -0.4 is 0 Å². The fourth-order valence-electron chi connectivity index (χ4n) is 2.06. The van der Waals surface area contributed by atoms with Gasteiger partial charge >= 0.3 is 0 Å². The summed E-state index contributed by atoms with van der Waals surface area (Å²) in [6.07, 6.45) is 0. The molecule has 2 aliphatic rings. The first kappa shape index (κ1) is 11.7. The first-order chi connectivity index (χ1) is 7.63. The van der Waals surface area contributed by atoms with E-state index in [4.69, 9.17) is 0 Å². The third-order valence-electron chi connectivity index (χ3n) is 3.28. The van der Waals surface area contributed by atoms with Gasteiger partial charge in [-0.3, -0.25) is 0 Å². The summed E-state index contributed by atoms with van der Waals surface area (Å²) in [5.41, 5.74) is 6.91. The SMILES string of the molecule is Cc1ccc([C@@H](C)CBr)cc2c(C)ccc1-2. The molecule has 0 nitrogen and oxygen atoms in total. The molecule has 84 valence electrons. The summed E-state index contributed by atoms with van der Waals surface area (Å²) >= 11 is 3.56. The molecule has 0 fully saturated rings. The van der Waals surface area contributed by atoms with Crippen LogP contribution >= 0.6 is 15.9 Å². The van der Waals surface area contributed by atoms with Crippen molar-refractivity contribution < 1.29 is 0 Å². The Morgan fingerprint density at radius 1 is 1.00 bits per heavy atom. The molecule has 0 spiro atoms. The molecular weight excluding hydrogens is 260 g/mol. The van der Waals surface area contributed by atoms with Gasteiger partial charge in [0.1, 0.15) is 0 Å². The van der Waals surface area contributed by atoms with Gasteiger partial charge in [0.05, 0.1) is 0 Å². The number of alkyl halides is 1. The van der Waals surface area contributed by atoms with E-state index in [-0.39, 0.29) is 0 Å². The second-order valence-corrected chi connectivity index (χ2v) is 5.21. The first-order valence-corrected chi connectivity index (χ1v) is 6.81. The Morgan fingerprint density at radius 2 is 1.62 bits per heavy atom. The lowest BCUT2D eigenvalue weighted by molar-refractivity contribution is 0.890. The molecule has 0 aromatic rings. The van der Waals surface area contributed by atoms with Crippen molar-refractivity contribution in [3.63, 3.8) is 0 Å². The lowest BCUT2D eigenvalue weighted by atomic mass is 10.0. The van der Waals surface area contributed by atoms with Gasteiger partial charge in [0, 0.05) is 5.33 Å². The van der Waals surface area contributed by atoms with Crippen molar-refractivity contribution >= 4 is 15.9 Å². The molecule has 0 aromatic heterocycles. The van der Waals surface area contributed by atoms with Crippen LogP contribution in [0.3, 0.4) is 0 Å². The minimum Gasteiger partial charge on any atom is -0.0922 e. The highest BCUT2D eigenvalue weighted by molar-refractivity contribution is 9.09. The van der Waals surface area contributed by atoms with E-state index >= 15 is 0 Å². The van der Waals surface area contributed by atoms with Gasteiger partial charge in [-0.25, -0.2) is 0 Å². The third-order valence-corrected chi connectivity index (χ3v) is 4.25. The van der Waals surface area contributed by atoms with Gasteiger partial charge in [-0.1, -0.05) is 53.2 Å². The number of hydrogen-bond donors (Lipinski definition) is 0. The molecule has 1 atom stereocenters. The largest absolute Gasteiger partial charge is 0.0922 e. The van der Waals surface area contributed by atoms with Crippen LogP contribution in [-0.4, -0.2) is 5.33 Å². The number of rotatable bonds is 2. The van der Waals surface area contributed by atoms with Crippen molar-refractivity contribution in [3.05, 3.63) is 47.0 Å². The zero-order valence-corrected chi connectivity index (χ0v) is 11.6. The summed E-state index contributed by atoms with van der Waals surface area (Å²) in [5.74, 6) is 0.560. The van der Waals surface area contributed by atoms with Crippen molar-refractivity contribution in [2.45, 2.75) is 26.7 Å². The van der Waals surface area contributed by atoms with Crippen LogP contribution in [0.4, 0.5) is 0 Å². The molecule has 2 aliphatic carbocycles. The highest BCUT2D eigenvalue weighted by Gasteiger charge is 2.10. The van der Waals surface area contributed by atoms with E-state index in [9.17, 15) is 0 Å². The average molecular weight is 277 g/mol. The number of fused-ring (bicyclic) bond motifs is 1. The van der Waals surface area contributed by atoms with Gasteiger partial charge in [-0.15, -0.1) is 0 Å². The molecule has 0 radical (unpaired) electrons. The van der Waals surface area contributed by atoms with Crippen molar-refractivity contribution in [2.75, 3.05) is 5.33 Å². The highest BCUT2D eigenvalue weighted by Crippen LogP contribution is 2.32. The molecule has 0 saturated carbocycles. The third kappa shape index (κ3) is 2.01. The van der Waals surface area contributed by atoms with E-state index in [1.807, 2.05) is 0 Å². The predicted octanol–water partition coefficient (Wildman–Crippen LogP) is 4.91. The predicted molar refractivity (Wildman–Crippen MR) is 74.7 cm³/mol. The molecule has 0 saturated heterocycles. The maximum atomic E-state index is 3.56. The van der Waals surface area contributed by atoms with Gasteiger partial charge in [-0.2, -0.15) is 0 Å². The minimum absolute atomic E-state index is 0.560. The van der Waals surface area contributed by atoms with E-state index in [0.717, 1.165) is 5.33 Å². The van der Waals surface area contributed by atoms with Gasteiger partial charge < -0.3 is 0 Å². The van der Waals surface area contributed by atoms with Crippen molar-refractivity contribution in [3.8, 4) is 11.1 Å². The maximum absolute atomic E-state index is 3.56. The summed E-state index contributed by atoms with van der Waals surface area (Å²) in [4.78, 5) is 0. The van der Waals surface area contributed by atoms with Crippen LogP contribution in [0.1, 0.15) is 29.5 Å². The lowest BCUT2D eigenvalue weighted by Crippen LogP contribution is -1.92. The van der Waals surface area contributed by atoms with E-state index in [1.54, 1.807) is 0 Å². The molecule has 16 heavy (non-hydrogen) atoms. The number of halogens is 1. The number of hydrogen-bond acceptors (Lipinski definition) is 0. The van der Waals surface area contributed by atoms with Gasteiger partial charge in [0.25, 0.3) is 0 Å². The minimum atomic E-state index is 0.560. The molecule has 0 heterocycles. The van der Waals surface area contributed by atoms with Crippen LogP contribution in [0.15, 0.2) is 30.3 Å². The zero-order chi connectivity index (χ0) is 11.7.